The van der Waals surface area contributed by atoms with Crippen LogP contribution < -0.4 is 20.7 Å². The first-order valence-corrected chi connectivity index (χ1v) is 13.0. The average Bonchev–Trinajstić information content (AvgIpc) is 2.88. The third-order valence-corrected chi connectivity index (χ3v) is 10.3. The Morgan fingerprint density at radius 1 is 0.594 bits per heavy atom. The average molecular weight is 440 g/mol. The fourth-order valence-corrected chi connectivity index (χ4v) is 8.58. The molecule has 4 aromatic carbocycles. The molecule has 0 saturated heterocycles. The van der Waals surface area contributed by atoms with Crippen LogP contribution in [0.25, 0.3) is 0 Å². The lowest BCUT2D eigenvalue weighted by molar-refractivity contribution is 0.112. The molecule has 0 atom stereocenters. The number of carbonyl (C=O) groups excluding carboxylic acids is 1. The van der Waals surface area contributed by atoms with E-state index in [2.05, 4.69) is 91.0 Å². The van der Waals surface area contributed by atoms with Crippen LogP contribution in [0, 0.1) is 0 Å². The van der Waals surface area contributed by atoms with Crippen LogP contribution in [0.4, 0.5) is 0 Å². The zero-order valence-corrected chi connectivity index (χ0v) is 19.0. The summed E-state index contributed by atoms with van der Waals surface area (Å²) in [5, 5.41) is 4.26. The topological polar surface area (TPSA) is 26.3 Å². The second-order valence-corrected chi connectivity index (χ2v) is 11.4. The summed E-state index contributed by atoms with van der Waals surface area (Å²) in [5.74, 6) is 0.811. The Kier molecular flexibility index (Phi) is 7.48. The van der Waals surface area contributed by atoms with Gasteiger partial charge in [-0.15, -0.1) is 0 Å². The van der Waals surface area contributed by atoms with Crippen molar-refractivity contribution in [2.24, 2.45) is 0 Å². The van der Waals surface area contributed by atoms with Crippen LogP contribution in [-0.4, -0.2) is 19.1 Å². The molecule has 160 valence electrons. The summed E-state index contributed by atoms with van der Waals surface area (Å²) in [6.45, 7) is 0.665. The van der Waals surface area contributed by atoms with E-state index in [1.165, 1.54) is 15.9 Å². The molecular formula is C29H28O2P+. The summed E-state index contributed by atoms with van der Waals surface area (Å²) >= 11 is 0. The van der Waals surface area contributed by atoms with E-state index in [0.29, 0.717) is 12.2 Å². The van der Waals surface area contributed by atoms with Gasteiger partial charge < -0.3 is 4.74 Å². The van der Waals surface area contributed by atoms with Crippen LogP contribution in [0.15, 0.2) is 115 Å². The van der Waals surface area contributed by atoms with E-state index in [9.17, 15) is 4.79 Å². The molecule has 2 nitrogen and oxygen atoms in total. The highest BCUT2D eigenvalue weighted by molar-refractivity contribution is 7.95. The van der Waals surface area contributed by atoms with Crippen molar-refractivity contribution in [1.82, 2.24) is 0 Å². The van der Waals surface area contributed by atoms with Crippen LogP contribution in [0.2, 0.25) is 0 Å². The maximum atomic E-state index is 10.8. The van der Waals surface area contributed by atoms with E-state index in [1.807, 2.05) is 12.1 Å². The molecule has 0 heterocycles. The minimum Gasteiger partial charge on any atom is -0.494 e. The summed E-state index contributed by atoms with van der Waals surface area (Å²) in [4.78, 5) is 10.8. The molecule has 0 aliphatic rings. The lowest BCUT2D eigenvalue weighted by Crippen LogP contribution is -2.33. The predicted octanol–water partition coefficient (Wildman–Crippen LogP) is 5.65. The van der Waals surface area contributed by atoms with Crippen LogP contribution in [0.5, 0.6) is 5.75 Å². The highest BCUT2D eigenvalue weighted by atomic mass is 31.2. The Morgan fingerprint density at radius 2 is 1.06 bits per heavy atom. The quantitative estimate of drug-likeness (QED) is 0.181. The fourth-order valence-electron chi connectivity index (χ4n) is 4.17. The maximum absolute atomic E-state index is 10.8. The van der Waals surface area contributed by atoms with Crippen molar-refractivity contribution >= 4 is 29.5 Å². The standard InChI is InChI=1S/C29H28O2P/c30-24-25-18-20-26(21-19-25)31-22-10-11-23-32(27-12-4-1-5-13-27,28-14-6-2-7-15-28)29-16-8-3-9-17-29/h1-9,12-21,24H,10-11,22-23H2/q+1. The largest absolute Gasteiger partial charge is 0.494 e. The van der Waals surface area contributed by atoms with Gasteiger partial charge in [-0.1, -0.05) is 54.6 Å². The SMILES string of the molecule is O=Cc1ccc(OCCCC[P+](c2ccccc2)(c2ccccc2)c2ccccc2)cc1. The Bertz CT molecular complexity index is 998. The van der Waals surface area contributed by atoms with E-state index < -0.39 is 7.26 Å². The van der Waals surface area contributed by atoms with Gasteiger partial charge in [0.15, 0.2) is 0 Å². The van der Waals surface area contributed by atoms with E-state index in [1.54, 1.807) is 12.1 Å². The van der Waals surface area contributed by atoms with Crippen LogP contribution in [0.3, 0.4) is 0 Å². The van der Waals surface area contributed by atoms with Crippen molar-refractivity contribution < 1.29 is 9.53 Å². The van der Waals surface area contributed by atoms with E-state index in [0.717, 1.165) is 31.0 Å². The minimum absolute atomic E-state index is 0.665. The van der Waals surface area contributed by atoms with Gasteiger partial charge in [0.2, 0.25) is 0 Å². The maximum Gasteiger partial charge on any atom is 0.150 e. The summed E-state index contributed by atoms with van der Waals surface area (Å²) < 4.78 is 5.93. The molecule has 0 unspecified atom stereocenters. The number of ether oxygens (including phenoxy) is 1. The van der Waals surface area contributed by atoms with Gasteiger partial charge in [-0.25, -0.2) is 0 Å². The summed E-state index contributed by atoms with van der Waals surface area (Å²) in [6.07, 6.45) is 3.99. The van der Waals surface area contributed by atoms with Crippen LogP contribution in [0.1, 0.15) is 23.2 Å². The number of hydrogen-bond donors (Lipinski definition) is 0. The highest BCUT2D eigenvalue weighted by Crippen LogP contribution is 2.55. The molecule has 0 N–H and O–H groups in total. The summed E-state index contributed by atoms with van der Waals surface area (Å²) in [6, 6.07) is 40.3. The van der Waals surface area contributed by atoms with Crippen molar-refractivity contribution in [1.29, 1.82) is 0 Å². The van der Waals surface area contributed by atoms with Crippen molar-refractivity contribution in [3.63, 3.8) is 0 Å². The Morgan fingerprint density at radius 3 is 1.50 bits per heavy atom. The van der Waals surface area contributed by atoms with Gasteiger partial charge in [0.05, 0.1) is 12.8 Å². The molecule has 4 aromatic rings. The molecule has 0 saturated carbocycles. The molecule has 0 radical (unpaired) electrons. The molecule has 4 rings (SSSR count). The summed E-state index contributed by atoms with van der Waals surface area (Å²) in [7, 11) is -1.77. The number of aldehydes is 1. The monoisotopic (exact) mass is 439 g/mol. The zero-order chi connectivity index (χ0) is 22.1. The first-order chi connectivity index (χ1) is 15.8. The van der Waals surface area contributed by atoms with Gasteiger partial charge in [0, 0.05) is 5.56 Å². The first-order valence-electron chi connectivity index (χ1n) is 11.1. The predicted molar refractivity (Wildman–Crippen MR) is 137 cm³/mol. The van der Waals surface area contributed by atoms with Gasteiger partial charge in [0.1, 0.15) is 35.2 Å². The first kappa shape index (κ1) is 22.0. The normalized spacial score (nSPS) is 11.1. The second kappa shape index (κ2) is 10.9. The Balaban J connectivity index is 1.56. The van der Waals surface area contributed by atoms with Crippen molar-refractivity contribution in [2.75, 3.05) is 12.8 Å². The van der Waals surface area contributed by atoms with Crippen molar-refractivity contribution in [3.05, 3.63) is 121 Å². The lowest BCUT2D eigenvalue weighted by Gasteiger charge is -2.27. The van der Waals surface area contributed by atoms with Crippen LogP contribution in [-0.2, 0) is 0 Å². The number of hydrogen-bond acceptors (Lipinski definition) is 2. The smallest absolute Gasteiger partial charge is 0.150 e. The number of rotatable bonds is 10. The van der Waals surface area contributed by atoms with Gasteiger partial charge in [-0.2, -0.15) is 0 Å². The third-order valence-electron chi connectivity index (χ3n) is 5.76. The van der Waals surface area contributed by atoms with Gasteiger partial charge in [-0.3, -0.25) is 4.79 Å². The van der Waals surface area contributed by atoms with Gasteiger partial charge in [-0.05, 0) is 73.5 Å². The number of benzene rings is 4. The molecule has 0 aliphatic heterocycles. The Labute approximate surface area is 191 Å². The highest BCUT2D eigenvalue weighted by Gasteiger charge is 2.44. The van der Waals surface area contributed by atoms with Crippen molar-refractivity contribution in [2.45, 2.75) is 12.8 Å². The molecule has 0 amide bonds. The Hall–Kier alpha value is -3.22. The zero-order valence-electron chi connectivity index (χ0n) is 18.1. The third kappa shape index (κ3) is 4.98. The molecule has 0 aromatic heterocycles. The lowest BCUT2D eigenvalue weighted by atomic mass is 10.2. The molecule has 0 spiro atoms. The molecule has 0 fully saturated rings. The van der Waals surface area contributed by atoms with Crippen LogP contribution >= 0.6 is 7.26 Å². The van der Waals surface area contributed by atoms with E-state index in [4.69, 9.17) is 4.74 Å². The second-order valence-electron chi connectivity index (χ2n) is 7.78. The van der Waals surface area contributed by atoms with E-state index >= 15 is 0 Å². The fraction of sp³-hybridized carbons (Fsp3) is 0.138. The van der Waals surface area contributed by atoms with Crippen molar-refractivity contribution in [3.8, 4) is 5.75 Å². The molecule has 0 bridgehead atoms. The minimum atomic E-state index is -1.77. The number of unbranched alkanes of at least 4 members (excludes halogenated alkanes) is 1. The molecule has 3 heteroatoms. The summed E-state index contributed by atoms with van der Waals surface area (Å²) in [5.41, 5.74) is 0.667. The molecular weight excluding hydrogens is 411 g/mol. The van der Waals surface area contributed by atoms with Gasteiger partial charge in [0.25, 0.3) is 0 Å². The van der Waals surface area contributed by atoms with Gasteiger partial charge >= 0.3 is 0 Å². The molecule has 0 aliphatic carbocycles. The number of carbonyl (C=O) groups is 1. The molecule has 32 heavy (non-hydrogen) atoms. The van der Waals surface area contributed by atoms with E-state index in [-0.39, 0.29) is 0 Å².